The van der Waals surface area contributed by atoms with Gasteiger partial charge in [0.25, 0.3) is 5.91 Å². The molecule has 1 aromatic carbocycles. The molecule has 1 aliphatic carbocycles. The molecule has 1 heterocycles. The van der Waals surface area contributed by atoms with Crippen LogP contribution < -0.4 is 0 Å². The standard InChI is InChI=1S/C17H23NO2S/c1-12-3-6-15(21-2)9-16(12)17(19)18(14-4-5-14)10-13-7-8-20-11-13/h3,6,9,13-14H,4-5,7-8,10-11H2,1-2H3/t13-/m0/s1. The quantitative estimate of drug-likeness (QED) is 0.781. The van der Waals surface area contributed by atoms with E-state index in [2.05, 4.69) is 17.0 Å². The molecule has 0 spiro atoms. The lowest BCUT2D eigenvalue weighted by Gasteiger charge is -2.26. The van der Waals surface area contributed by atoms with Crippen molar-refractivity contribution in [3.05, 3.63) is 29.3 Å². The number of carbonyl (C=O) groups excluding carboxylic acids is 1. The zero-order valence-corrected chi connectivity index (χ0v) is 13.6. The van der Waals surface area contributed by atoms with Crippen LogP contribution in [0.5, 0.6) is 0 Å². The molecule has 0 radical (unpaired) electrons. The molecule has 21 heavy (non-hydrogen) atoms. The van der Waals surface area contributed by atoms with Crippen LogP contribution in [-0.4, -0.2) is 42.9 Å². The van der Waals surface area contributed by atoms with E-state index in [1.807, 2.05) is 19.2 Å². The van der Waals surface area contributed by atoms with Crippen LogP contribution in [0.4, 0.5) is 0 Å². The number of hydrogen-bond donors (Lipinski definition) is 0. The third kappa shape index (κ3) is 3.43. The van der Waals surface area contributed by atoms with E-state index in [-0.39, 0.29) is 5.91 Å². The Morgan fingerprint density at radius 2 is 2.19 bits per heavy atom. The molecule has 1 aromatic rings. The van der Waals surface area contributed by atoms with Crippen molar-refractivity contribution in [2.24, 2.45) is 5.92 Å². The number of benzene rings is 1. The lowest BCUT2D eigenvalue weighted by molar-refractivity contribution is 0.0705. The fraction of sp³-hybridized carbons (Fsp3) is 0.588. The molecular weight excluding hydrogens is 282 g/mol. The number of nitrogens with zero attached hydrogens (tertiary/aromatic N) is 1. The molecule has 4 heteroatoms. The monoisotopic (exact) mass is 305 g/mol. The van der Waals surface area contributed by atoms with Gasteiger partial charge >= 0.3 is 0 Å². The van der Waals surface area contributed by atoms with Gasteiger partial charge in [0.2, 0.25) is 0 Å². The van der Waals surface area contributed by atoms with Crippen molar-refractivity contribution in [1.29, 1.82) is 0 Å². The minimum Gasteiger partial charge on any atom is -0.381 e. The first-order chi connectivity index (χ1) is 10.2. The molecule has 0 N–H and O–H groups in total. The minimum atomic E-state index is 0.206. The molecule has 1 saturated carbocycles. The normalized spacial score (nSPS) is 21.5. The maximum Gasteiger partial charge on any atom is 0.254 e. The molecular formula is C17H23NO2S. The Bertz CT molecular complexity index is 522. The maximum absolute atomic E-state index is 13.0. The topological polar surface area (TPSA) is 29.5 Å². The average Bonchev–Trinajstić information content (AvgIpc) is 3.21. The molecule has 3 rings (SSSR count). The van der Waals surface area contributed by atoms with Gasteiger partial charge in [-0.3, -0.25) is 4.79 Å². The van der Waals surface area contributed by atoms with E-state index < -0.39 is 0 Å². The van der Waals surface area contributed by atoms with Crippen LogP contribution in [0.1, 0.15) is 35.2 Å². The Labute approximate surface area is 131 Å². The number of aryl methyl sites for hydroxylation is 1. The number of hydrogen-bond acceptors (Lipinski definition) is 3. The van der Waals surface area contributed by atoms with Gasteiger partial charge in [-0.25, -0.2) is 0 Å². The molecule has 0 aromatic heterocycles. The Morgan fingerprint density at radius 3 is 2.81 bits per heavy atom. The van der Waals surface area contributed by atoms with Crippen LogP contribution in [0.3, 0.4) is 0 Å². The van der Waals surface area contributed by atoms with E-state index in [4.69, 9.17) is 4.74 Å². The predicted molar refractivity (Wildman–Crippen MR) is 85.9 cm³/mol. The van der Waals surface area contributed by atoms with Gasteiger partial charge in [-0.1, -0.05) is 6.07 Å². The molecule has 3 nitrogen and oxygen atoms in total. The van der Waals surface area contributed by atoms with Gasteiger partial charge in [-0.05, 0) is 50.1 Å². The van der Waals surface area contributed by atoms with Crippen LogP contribution >= 0.6 is 11.8 Å². The lowest BCUT2D eigenvalue weighted by atomic mass is 10.0. The number of carbonyl (C=O) groups is 1. The first kappa shape index (κ1) is 14.9. The number of ether oxygens (including phenoxy) is 1. The van der Waals surface area contributed by atoms with E-state index in [9.17, 15) is 4.79 Å². The van der Waals surface area contributed by atoms with Crippen molar-refractivity contribution >= 4 is 17.7 Å². The second-order valence-electron chi connectivity index (χ2n) is 6.10. The van der Waals surface area contributed by atoms with Crippen molar-refractivity contribution in [3.63, 3.8) is 0 Å². The van der Waals surface area contributed by atoms with Gasteiger partial charge in [-0.2, -0.15) is 0 Å². The van der Waals surface area contributed by atoms with Gasteiger partial charge in [0.1, 0.15) is 0 Å². The molecule has 2 aliphatic rings. The SMILES string of the molecule is CSc1ccc(C)c(C(=O)N(C[C@@H]2CCOC2)C2CC2)c1. The van der Waals surface area contributed by atoms with Gasteiger partial charge in [-0.15, -0.1) is 11.8 Å². The van der Waals surface area contributed by atoms with Crippen LogP contribution in [0, 0.1) is 12.8 Å². The Kier molecular flexibility index (Phi) is 4.55. The minimum absolute atomic E-state index is 0.206. The van der Waals surface area contributed by atoms with Crippen molar-refractivity contribution in [2.45, 2.75) is 37.1 Å². The first-order valence-electron chi connectivity index (χ1n) is 7.72. The summed E-state index contributed by atoms with van der Waals surface area (Å²) in [5.74, 6) is 0.719. The smallest absolute Gasteiger partial charge is 0.254 e. The highest BCUT2D eigenvalue weighted by Crippen LogP contribution is 2.31. The number of amides is 1. The second kappa shape index (κ2) is 6.41. The van der Waals surface area contributed by atoms with Gasteiger partial charge in [0.15, 0.2) is 0 Å². The largest absolute Gasteiger partial charge is 0.381 e. The number of rotatable bonds is 5. The summed E-state index contributed by atoms with van der Waals surface area (Å²) < 4.78 is 5.46. The molecule has 1 amide bonds. The number of thioether (sulfide) groups is 1. The molecule has 0 bridgehead atoms. The van der Waals surface area contributed by atoms with E-state index >= 15 is 0 Å². The summed E-state index contributed by atoms with van der Waals surface area (Å²) in [7, 11) is 0. The molecule has 1 atom stereocenters. The summed E-state index contributed by atoms with van der Waals surface area (Å²) in [4.78, 5) is 16.2. The third-order valence-corrected chi connectivity index (χ3v) is 5.13. The van der Waals surface area contributed by atoms with Crippen molar-refractivity contribution < 1.29 is 9.53 Å². The van der Waals surface area contributed by atoms with E-state index in [0.29, 0.717) is 12.0 Å². The van der Waals surface area contributed by atoms with E-state index in [1.165, 1.54) is 0 Å². The Hall–Kier alpha value is -1.00. The van der Waals surface area contributed by atoms with E-state index in [0.717, 1.165) is 55.0 Å². The fourth-order valence-electron chi connectivity index (χ4n) is 2.90. The van der Waals surface area contributed by atoms with Gasteiger partial charge < -0.3 is 9.64 Å². The molecule has 1 aliphatic heterocycles. The molecule has 114 valence electrons. The zero-order chi connectivity index (χ0) is 14.8. The van der Waals surface area contributed by atoms with Gasteiger partial charge in [0, 0.05) is 35.6 Å². The van der Waals surface area contributed by atoms with Crippen molar-refractivity contribution in [2.75, 3.05) is 26.0 Å². The van der Waals surface area contributed by atoms with Crippen molar-refractivity contribution in [1.82, 2.24) is 4.90 Å². The summed E-state index contributed by atoms with van der Waals surface area (Å²) in [6.45, 7) is 4.53. The van der Waals surface area contributed by atoms with Crippen LogP contribution in [0.25, 0.3) is 0 Å². The summed E-state index contributed by atoms with van der Waals surface area (Å²) >= 11 is 1.69. The Balaban J connectivity index is 1.80. The molecule has 0 unspecified atom stereocenters. The van der Waals surface area contributed by atoms with Crippen LogP contribution in [0.15, 0.2) is 23.1 Å². The lowest BCUT2D eigenvalue weighted by Crippen LogP contribution is -2.37. The second-order valence-corrected chi connectivity index (χ2v) is 6.98. The zero-order valence-electron chi connectivity index (χ0n) is 12.8. The fourth-order valence-corrected chi connectivity index (χ4v) is 3.34. The highest BCUT2D eigenvalue weighted by Gasteiger charge is 2.35. The first-order valence-corrected chi connectivity index (χ1v) is 8.95. The van der Waals surface area contributed by atoms with Crippen molar-refractivity contribution in [3.8, 4) is 0 Å². The van der Waals surface area contributed by atoms with Crippen LogP contribution in [0.2, 0.25) is 0 Å². The molecule has 1 saturated heterocycles. The maximum atomic E-state index is 13.0. The summed E-state index contributed by atoms with van der Waals surface area (Å²) in [6.07, 6.45) is 5.44. The average molecular weight is 305 g/mol. The Morgan fingerprint density at radius 1 is 1.38 bits per heavy atom. The highest BCUT2D eigenvalue weighted by molar-refractivity contribution is 7.98. The predicted octanol–water partition coefficient (Wildman–Crippen LogP) is 3.36. The van der Waals surface area contributed by atoms with Crippen LogP contribution in [-0.2, 0) is 4.74 Å². The van der Waals surface area contributed by atoms with E-state index in [1.54, 1.807) is 11.8 Å². The molecule has 2 fully saturated rings. The summed E-state index contributed by atoms with van der Waals surface area (Å²) in [6, 6.07) is 6.64. The highest BCUT2D eigenvalue weighted by atomic mass is 32.2. The van der Waals surface area contributed by atoms with Gasteiger partial charge in [0.05, 0.1) is 6.61 Å². The summed E-state index contributed by atoms with van der Waals surface area (Å²) in [5.41, 5.74) is 1.94. The summed E-state index contributed by atoms with van der Waals surface area (Å²) in [5, 5.41) is 0. The third-order valence-electron chi connectivity index (χ3n) is 4.40.